The number of rotatable bonds is 3. The first-order valence-corrected chi connectivity index (χ1v) is 6.71. The topological polar surface area (TPSA) is 62.2 Å². The van der Waals surface area contributed by atoms with Crippen LogP contribution in [0.2, 0.25) is 0 Å². The molecular weight excluding hydrogens is 298 g/mol. The van der Waals surface area contributed by atoms with Gasteiger partial charge >= 0.3 is 5.97 Å². The zero-order valence-corrected chi connectivity index (χ0v) is 11.2. The summed E-state index contributed by atoms with van der Waals surface area (Å²) in [4.78, 5) is 14.9. The van der Waals surface area contributed by atoms with E-state index >= 15 is 0 Å². The third-order valence-corrected chi connectivity index (χ3v) is 3.77. The number of halogens is 2. The molecule has 2 N–H and O–H groups in total. The van der Waals surface area contributed by atoms with Crippen molar-refractivity contribution in [1.29, 1.82) is 0 Å². The Morgan fingerprint density at radius 1 is 1.19 bits per heavy atom. The highest BCUT2D eigenvalue weighted by atomic mass is 32.1. The van der Waals surface area contributed by atoms with Gasteiger partial charge in [-0.05, 0) is 24.3 Å². The standard InChI is InChI=1S/C14H8F2N2O2S/c15-8-5-7(13(19)20)6-9(16)12(8)18-14-17-10-3-1-2-4-11(10)21-14/h1-6H,(H,17,18)(H,19,20). The molecule has 0 spiro atoms. The first-order chi connectivity index (χ1) is 10.0. The van der Waals surface area contributed by atoms with Gasteiger partial charge in [-0.15, -0.1) is 0 Å². The van der Waals surface area contributed by atoms with Crippen molar-refractivity contribution >= 4 is 38.3 Å². The number of carboxylic acid groups (broad SMARTS) is 1. The zero-order chi connectivity index (χ0) is 15.0. The number of anilines is 2. The number of aromatic carboxylic acids is 1. The third-order valence-electron chi connectivity index (χ3n) is 2.81. The quantitative estimate of drug-likeness (QED) is 0.767. The molecule has 1 heterocycles. The van der Waals surface area contributed by atoms with Gasteiger partial charge in [0.15, 0.2) is 16.8 Å². The molecule has 7 heteroatoms. The van der Waals surface area contributed by atoms with E-state index in [4.69, 9.17) is 5.11 Å². The molecule has 21 heavy (non-hydrogen) atoms. The number of para-hydroxylation sites is 1. The summed E-state index contributed by atoms with van der Waals surface area (Å²) < 4.78 is 28.5. The average Bonchev–Trinajstić information content (AvgIpc) is 2.85. The lowest BCUT2D eigenvalue weighted by Crippen LogP contribution is -2.03. The summed E-state index contributed by atoms with van der Waals surface area (Å²) >= 11 is 1.25. The molecule has 0 saturated carbocycles. The van der Waals surface area contributed by atoms with E-state index in [9.17, 15) is 13.6 Å². The molecule has 0 saturated heterocycles. The van der Waals surface area contributed by atoms with Crippen molar-refractivity contribution in [2.24, 2.45) is 0 Å². The summed E-state index contributed by atoms with van der Waals surface area (Å²) in [6.45, 7) is 0. The van der Waals surface area contributed by atoms with E-state index in [1.165, 1.54) is 11.3 Å². The molecule has 106 valence electrons. The summed E-state index contributed by atoms with van der Waals surface area (Å²) in [5, 5.41) is 11.6. The lowest BCUT2D eigenvalue weighted by molar-refractivity contribution is 0.0696. The fourth-order valence-corrected chi connectivity index (χ4v) is 2.72. The predicted octanol–water partition coefficient (Wildman–Crippen LogP) is 4.02. The summed E-state index contributed by atoms with van der Waals surface area (Å²) in [5.74, 6) is -3.35. The Bertz CT molecular complexity index is 792. The third kappa shape index (κ3) is 2.55. The van der Waals surface area contributed by atoms with Gasteiger partial charge in [-0.2, -0.15) is 0 Å². The number of hydrogen-bond donors (Lipinski definition) is 2. The molecule has 0 atom stereocenters. The SMILES string of the molecule is O=C(O)c1cc(F)c(Nc2nc3ccccc3s2)c(F)c1. The van der Waals surface area contributed by atoms with Crippen LogP contribution < -0.4 is 5.32 Å². The van der Waals surface area contributed by atoms with Crippen molar-refractivity contribution in [3.05, 3.63) is 53.6 Å². The molecule has 0 aliphatic rings. The Labute approximate surface area is 121 Å². The number of thiazole rings is 1. The number of nitrogens with zero attached hydrogens (tertiary/aromatic N) is 1. The van der Waals surface area contributed by atoms with Crippen molar-refractivity contribution in [3.63, 3.8) is 0 Å². The second-order valence-corrected chi connectivity index (χ2v) is 5.26. The molecule has 1 aromatic heterocycles. The summed E-state index contributed by atoms with van der Waals surface area (Å²) in [6.07, 6.45) is 0. The molecule has 3 aromatic rings. The number of carbonyl (C=O) groups is 1. The molecule has 0 unspecified atom stereocenters. The molecule has 4 nitrogen and oxygen atoms in total. The first-order valence-electron chi connectivity index (χ1n) is 5.89. The number of aromatic nitrogens is 1. The van der Waals surface area contributed by atoms with Crippen molar-refractivity contribution in [2.45, 2.75) is 0 Å². The zero-order valence-electron chi connectivity index (χ0n) is 10.4. The van der Waals surface area contributed by atoms with Crippen LogP contribution in [0, 0.1) is 11.6 Å². The van der Waals surface area contributed by atoms with Crippen LogP contribution in [-0.2, 0) is 0 Å². The van der Waals surface area contributed by atoms with Crippen LogP contribution in [0.3, 0.4) is 0 Å². The van der Waals surface area contributed by atoms with E-state index in [0.717, 1.165) is 16.8 Å². The molecule has 0 aliphatic heterocycles. The van der Waals surface area contributed by atoms with Gasteiger partial charge in [-0.1, -0.05) is 23.5 Å². The van der Waals surface area contributed by atoms with Crippen LogP contribution >= 0.6 is 11.3 Å². The van der Waals surface area contributed by atoms with Crippen molar-refractivity contribution in [1.82, 2.24) is 4.98 Å². The second kappa shape index (κ2) is 5.10. The Balaban J connectivity index is 1.99. The normalized spacial score (nSPS) is 10.8. The van der Waals surface area contributed by atoms with Gasteiger partial charge in [0.1, 0.15) is 5.69 Å². The van der Waals surface area contributed by atoms with E-state index in [-0.39, 0.29) is 0 Å². The average molecular weight is 306 g/mol. The van der Waals surface area contributed by atoms with Gasteiger partial charge in [0, 0.05) is 0 Å². The minimum atomic E-state index is -1.39. The second-order valence-electron chi connectivity index (χ2n) is 4.23. The molecule has 0 bridgehead atoms. The number of carboxylic acids is 1. The monoisotopic (exact) mass is 306 g/mol. The summed E-state index contributed by atoms with van der Waals surface area (Å²) in [7, 11) is 0. The van der Waals surface area contributed by atoms with Gasteiger partial charge < -0.3 is 10.4 Å². The lowest BCUT2D eigenvalue weighted by atomic mass is 10.2. The number of fused-ring (bicyclic) bond motifs is 1. The first kappa shape index (κ1) is 13.4. The van der Waals surface area contributed by atoms with E-state index in [0.29, 0.717) is 10.6 Å². The van der Waals surface area contributed by atoms with Crippen LogP contribution in [0.15, 0.2) is 36.4 Å². The van der Waals surface area contributed by atoms with Crippen LogP contribution in [-0.4, -0.2) is 16.1 Å². The smallest absolute Gasteiger partial charge is 0.335 e. The van der Waals surface area contributed by atoms with Gasteiger partial charge in [0.2, 0.25) is 0 Å². The van der Waals surface area contributed by atoms with E-state index in [1.54, 1.807) is 6.07 Å². The largest absolute Gasteiger partial charge is 0.478 e. The summed E-state index contributed by atoms with van der Waals surface area (Å²) in [5.41, 5.74) is -0.146. The van der Waals surface area contributed by atoms with E-state index in [1.807, 2.05) is 18.2 Å². The molecule has 0 amide bonds. The Morgan fingerprint density at radius 2 is 1.86 bits per heavy atom. The predicted molar refractivity (Wildman–Crippen MR) is 76.2 cm³/mol. The van der Waals surface area contributed by atoms with Crippen LogP contribution in [0.25, 0.3) is 10.2 Å². The van der Waals surface area contributed by atoms with Gasteiger partial charge in [-0.25, -0.2) is 18.6 Å². The van der Waals surface area contributed by atoms with Crippen molar-refractivity contribution in [3.8, 4) is 0 Å². The minimum Gasteiger partial charge on any atom is -0.478 e. The summed E-state index contributed by atoms with van der Waals surface area (Å²) in [6, 6.07) is 8.82. The van der Waals surface area contributed by atoms with Crippen molar-refractivity contribution < 1.29 is 18.7 Å². The van der Waals surface area contributed by atoms with Crippen LogP contribution in [0.4, 0.5) is 19.6 Å². The van der Waals surface area contributed by atoms with E-state index in [2.05, 4.69) is 10.3 Å². The molecular formula is C14H8F2N2O2S. The van der Waals surface area contributed by atoms with Gasteiger partial charge in [0.25, 0.3) is 0 Å². The maximum absolute atomic E-state index is 13.8. The maximum atomic E-state index is 13.8. The highest BCUT2D eigenvalue weighted by molar-refractivity contribution is 7.22. The Hall–Kier alpha value is -2.54. The maximum Gasteiger partial charge on any atom is 0.335 e. The molecule has 0 fully saturated rings. The molecule has 0 radical (unpaired) electrons. The van der Waals surface area contributed by atoms with Gasteiger partial charge in [-0.3, -0.25) is 0 Å². The van der Waals surface area contributed by atoms with Crippen molar-refractivity contribution in [2.75, 3.05) is 5.32 Å². The van der Waals surface area contributed by atoms with Gasteiger partial charge in [0.05, 0.1) is 15.8 Å². The lowest BCUT2D eigenvalue weighted by Gasteiger charge is -2.06. The van der Waals surface area contributed by atoms with Crippen LogP contribution in [0.1, 0.15) is 10.4 Å². The molecule has 0 aliphatic carbocycles. The fraction of sp³-hybridized carbons (Fsp3) is 0. The molecule has 3 rings (SSSR count). The number of hydrogen-bond acceptors (Lipinski definition) is 4. The molecule has 2 aromatic carbocycles. The minimum absolute atomic E-state index is 0.331. The highest BCUT2D eigenvalue weighted by Crippen LogP contribution is 2.30. The fourth-order valence-electron chi connectivity index (χ4n) is 1.85. The van der Waals surface area contributed by atoms with Crippen LogP contribution in [0.5, 0.6) is 0 Å². The number of benzene rings is 2. The Kier molecular flexibility index (Phi) is 3.26. The number of nitrogens with one attached hydrogen (secondary N) is 1. The Morgan fingerprint density at radius 3 is 2.48 bits per heavy atom. The van der Waals surface area contributed by atoms with E-state index < -0.39 is 28.9 Å². The highest BCUT2D eigenvalue weighted by Gasteiger charge is 2.16.